The van der Waals surface area contributed by atoms with Crippen LogP contribution >= 0.6 is 15.9 Å². The molecule has 0 atom stereocenters. The topological polar surface area (TPSA) is 23.1 Å². The molecular formula is C28H52BrNO. The highest BCUT2D eigenvalue weighted by Gasteiger charge is 2.09. The first-order valence-corrected chi connectivity index (χ1v) is 13.8. The van der Waals surface area contributed by atoms with Crippen LogP contribution in [0.2, 0.25) is 0 Å². The summed E-state index contributed by atoms with van der Waals surface area (Å²) in [5, 5.41) is 11.1. The molecule has 1 aromatic carbocycles. The Bertz CT molecular complexity index is 533. The second-order valence-corrected chi connectivity index (χ2v) is 10.9. The average Bonchev–Trinajstić information content (AvgIpc) is 2.72. The maximum Gasteiger partial charge on any atom is 0.0782 e. The van der Waals surface area contributed by atoms with Crippen molar-refractivity contribution in [2.24, 2.45) is 0 Å². The van der Waals surface area contributed by atoms with Crippen LogP contribution in [0.15, 0.2) is 16.6 Å². The number of nitrogens with zero attached hydrogens (tertiary/aromatic N) is 1. The van der Waals surface area contributed by atoms with Crippen molar-refractivity contribution in [1.29, 1.82) is 0 Å². The van der Waals surface area contributed by atoms with Crippen molar-refractivity contribution < 1.29 is 9.59 Å². The normalized spacial score (nSPS) is 11.3. The molecule has 182 valence electrons. The zero-order chi connectivity index (χ0) is 23.5. The van der Waals surface area contributed by atoms with Crippen LogP contribution in [-0.4, -0.2) is 31.7 Å². The van der Waals surface area contributed by atoms with Crippen molar-refractivity contribution >= 4 is 15.9 Å². The van der Waals surface area contributed by atoms with Crippen molar-refractivity contribution in [2.45, 2.75) is 118 Å². The van der Waals surface area contributed by atoms with E-state index in [0.29, 0.717) is 0 Å². The highest BCUT2D eigenvalue weighted by molar-refractivity contribution is 9.10. The summed E-state index contributed by atoms with van der Waals surface area (Å²) in [6.45, 7) is 10.8. The number of quaternary nitrogens is 1. The molecule has 0 unspecified atom stereocenters. The molecule has 3 heteroatoms. The van der Waals surface area contributed by atoms with Crippen molar-refractivity contribution in [3.05, 3.63) is 27.7 Å². The molecule has 1 rings (SSSR count). The fourth-order valence-corrected chi connectivity index (χ4v) is 4.48. The summed E-state index contributed by atoms with van der Waals surface area (Å²) < 4.78 is 2.17. The van der Waals surface area contributed by atoms with Crippen molar-refractivity contribution in [1.82, 2.24) is 0 Å². The van der Waals surface area contributed by atoms with Gasteiger partial charge >= 0.3 is 0 Å². The van der Waals surface area contributed by atoms with Gasteiger partial charge in [0.25, 0.3) is 0 Å². The highest BCUT2D eigenvalue weighted by Crippen LogP contribution is 2.23. The number of aryl methyl sites for hydroxylation is 2. The quantitative estimate of drug-likeness (QED) is 0.165. The highest BCUT2D eigenvalue weighted by atomic mass is 79.9. The lowest BCUT2D eigenvalue weighted by molar-refractivity contribution is -0.888. The Hall–Kier alpha value is -0.540. The van der Waals surface area contributed by atoms with Crippen molar-refractivity contribution in [2.75, 3.05) is 27.2 Å². The van der Waals surface area contributed by atoms with Gasteiger partial charge in [0.2, 0.25) is 0 Å². The van der Waals surface area contributed by atoms with Gasteiger partial charge in [0.1, 0.15) is 0 Å². The Morgan fingerprint density at radius 1 is 0.677 bits per heavy atom. The van der Waals surface area contributed by atoms with E-state index in [4.69, 9.17) is 0 Å². The fourth-order valence-electron chi connectivity index (χ4n) is 3.79. The SMILES string of the molecule is CCCCCCCCCCCCCCCC[N+](C)(C)CC.Cc1cc(Br)cc(C)c1[O-]. The molecule has 0 saturated carbocycles. The molecule has 0 aliphatic carbocycles. The van der Waals surface area contributed by atoms with Crippen LogP contribution < -0.4 is 5.11 Å². The molecule has 0 N–H and O–H groups in total. The summed E-state index contributed by atoms with van der Waals surface area (Å²) in [4.78, 5) is 0. The van der Waals surface area contributed by atoms with E-state index in [1.54, 1.807) is 0 Å². The zero-order valence-corrected chi connectivity index (χ0v) is 23.3. The lowest BCUT2D eigenvalue weighted by Gasteiger charge is -2.28. The lowest BCUT2D eigenvalue weighted by Crippen LogP contribution is -2.39. The molecule has 0 radical (unpaired) electrons. The van der Waals surface area contributed by atoms with Gasteiger partial charge in [-0.2, -0.15) is 0 Å². The van der Waals surface area contributed by atoms with Gasteiger partial charge in [-0.15, -0.1) is 5.75 Å². The molecule has 0 spiro atoms. The Kier molecular flexibility index (Phi) is 18.6. The fraction of sp³-hybridized carbons (Fsp3) is 0.786. The number of hydrogen-bond donors (Lipinski definition) is 0. The van der Waals surface area contributed by atoms with Gasteiger partial charge in [0, 0.05) is 4.47 Å². The monoisotopic (exact) mass is 497 g/mol. The largest absolute Gasteiger partial charge is 0.872 e. The van der Waals surface area contributed by atoms with Gasteiger partial charge in [-0.3, -0.25) is 0 Å². The predicted molar refractivity (Wildman–Crippen MR) is 141 cm³/mol. The third-order valence-electron chi connectivity index (χ3n) is 6.40. The number of halogens is 1. The molecule has 0 heterocycles. The standard InChI is InChI=1S/C20H44N.C8H9BrO/c1-5-7-8-9-10-11-12-13-14-15-16-17-18-19-20-21(3,4)6-2;1-5-3-7(9)4-6(2)8(5)10/h5-20H2,1-4H3;3-4,10H,1-2H3/q+1;/p-1. The first-order valence-electron chi connectivity index (χ1n) is 13.0. The van der Waals surface area contributed by atoms with E-state index in [-0.39, 0.29) is 5.75 Å². The summed E-state index contributed by atoms with van der Waals surface area (Å²) in [5.41, 5.74) is 1.60. The third kappa shape index (κ3) is 17.7. The molecule has 31 heavy (non-hydrogen) atoms. The van der Waals surface area contributed by atoms with Gasteiger partial charge in [0.15, 0.2) is 0 Å². The third-order valence-corrected chi connectivity index (χ3v) is 6.86. The minimum atomic E-state index is 0.142. The minimum absolute atomic E-state index is 0.142. The van der Waals surface area contributed by atoms with Gasteiger partial charge in [-0.25, -0.2) is 0 Å². The average molecular weight is 499 g/mol. The molecule has 0 saturated heterocycles. The smallest absolute Gasteiger partial charge is 0.0782 e. The maximum atomic E-state index is 11.1. The maximum absolute atomic E-state index is 11.1. The summed E-state index contributed by atoms with van der Waals surface area (Å²) in [5.74, 6) is 0.142. The Labute approximate surface area is 203 Å². The molecule has 0 fully saturated rings. The summed E-state index contributed by atoms with van der Waals surface area (Å²) in [7, 11) is 4.70. The molecule has 1 aromatic rings. The Morgan fingerprint density at radius 3 is 1.39 bits per heavy atom. The summed E-state index contributed by atoms with van der Waals surface area (Å²) >= 11 is 3.31. The van der Waals surface area contributed by atoms with Crippen LogP contribution in [0.3, 0.4) is 0 Å². The molecule has 2 nitrogen and oxygen atoms in total. The van der Waals surface area contributed by atoms with E-state index < -0.39 is 0 Å². The second kappa shape index (κ2) is 19.0. The predicted octanol–water partition coefficient (Wildman–Crippen LogP) is 8.70. The van der Waals surface area contributed by atoms with E-state index in [9.17, 15) is 5.11 Å². The molecule has 0 amide bonds. The van der Waals surface area contributed by atoms with E-state index in [1.807, 2.05) is 26.0 Å². The van der Waals surface area contributed by atoms with Crippen molar-refractivity contribution in [3.8, 4) is 5.75 Å². The number of benzene rings is 1. The number of rotatable bonds is 16. The van der Waals surface area contributed by atoms with E-state index in [0.717, 1.165) is 15.6 Å². The first-order chi connectivity index (χ1) is 14.7. The number of unbranched alkanes of at least 4 members (excludes halogenated alkanes) is 13. The summed E-state index contributed by atoms with van der Waals surface area (Å²) in [6.07, 6.45) is 20.4. The molecule has 0 aromatic heterocycles. The lowest BCUT2D eigenvalue weighted by atomic mass is 10.0. The van der Waals surface area contributed by atoms with Crippen LogP contribution in [0, 0.1) is 13.8 Å². The van der Waals surface area contributed by atoms with Crippen molar-refractivity contribution in [3.63, 3.8) is 0 Å². The zero-order valence-electron chi connectivity index (χ0n) is 21.7. The van der Waals surface area contributed by atoms with E-state index >= 15 is 0 Å². The van der Waals surface area contributed by atoms with Gasteiger partial charge in [-0.05, 0) is 45.7 Å². The Balaban J connectivity index is 0.000000743. The van der Waals surface area contributed by atoms with Crippen LogP contribution in [0.5, 0.6) is 5.75 Å². The van der Waals surface area contributed by atoms with Crippen LogP contribution in [0.25, 0.3) is 0 Å². The second-order valence-electron chi connectivity index (χ2n) is 9.94. The van der Waals surface area contributed by atoms with Crippen LogP contribution in [-0.2, 0) is 0 Å². The molecule has 0 bridgehead atoms. The molecule has 0 aliphatic heterocycles. The molecule has 0 aliphatic rings. The van der Waals surface area contributed by atoms with Gasteiger partial charge < -0.3 is 9.59 Å². The van der Waals surface area contributed by atoms with Crippen LogP contribution in [0.1, 0.15) is 115 Å². The van der Waals surface area contributed by atoms with E-state index in [1.165, 1.54) is 107 Å². The number of hydrogen-bond acceptors (Lipinski definition) is 1. The first kappa shape index (κ1) is 30.5. The van der Waals surface area contributed by atoms with Gasteiger partial charge in [-0.1, -0.05) is 111 Å². The van der Waals surface area contributed by atoms with E-state index in [2.05, 4.69) is 43.9 Å². The summed E-state index contributed by atoms with van der Waals surface area (Å²) in [6, 6.07) is 3.66. The Morgan fingerprint density at radius 2 is 1.03 bits per heavy atom. The van der Waals surface area contributed by atoms with Gasteiger partial charge in [0.05, 0.1) is 27.2 Å². The minimum Gasteiger partial charge on any atom is -0.872 e. The molecular weight excluding hydrogens is 446 g/mol. The van der Waals surface area contributed by atoms with Crippen LogP contribution in [0.4, 0.5) is 0 Å².